The fourth-order valence-corrected chi connectivity index (χ4v) is 2.59. The van der Waals surface area contributed by atoms with Gasteiger partial charge in [-0.15, -0.1) is 0 Å². The highest BCUT2D eigenvalue weighted by Gasteiger charge is 2.10. The van der Waals surface area contributed by atoms with Crippen LogP contribution < -0.4 is 15.4 Å². The van der Waals surface area contributed by atoms with Gasteiger partial charge < -0.3 is 15.4 Å². The first-order valence-electron chi connectivity index (χ1n) is 8.37. The Bertz CT molecular complexity index is 877. The van der Waals surface area contributed by atoms with Crippen molar-refractivity contribution in [3.63, 3.8) is 0 Å². The fourth-order valence-electron chi connectivity index (χ4n) is 2.59. The van der Waals surface area contributed by atoms with Crippen molar-refractivity contribution in [3.8, 4) is 17.0 Å². The summed E-state index contributed by atoms with van der Waals surface area (Å²) in [7, 11) is 1.87. The van der Waals surface area contributed by atoms with Crippen LogP contribution in [0.5, 0.6) is 5.75 Å². The second-order valence-corrected chi connectivity index (χ2v) is 5.62. The van der Waals surface area contributed by atoms with Crippen LogP contribution in [0.15, 0.2) is 54.9 Å². The SMILES string of the molecule is CCOc1ccccc1NC(=O)NCc1cc(-c2ccncc2)n(C)n1. The van der Waals surface area contributed by atoms with Gasteiger partial charge >= 0.3 is 6.03 Å². The molecule has 2 heterocycles. The molecule has 2 N–H and O–H groups in total. The van der Waals surface area contributed by atoms with Crippen LogP contribution in [-0.4, -0.2) is 27.4 Å². The van der Waals surface area contributed by atoms with E-state index in [0.29, 0.717) is 24.6 Å². The van der Waals surface area contributed by atoms with Crippen molar-refractivity contribution in [2.45, 2.75) is 13.5 Å². The third kappa shape index (κ3) is 4.18. The quantitative estimate of drug-likeness (QED) is 0.714. The number of carbonyl (C=O) groups excluding carboxylic acids is 1. The number of hydrogen-bond donors (Lipinski definition) is 2. The van der Waals surface area contributed by atoms with E-state index in [1.807, 2.05) is 50.4 Å². The van der Waals surface area contributed by atoms with Crippen LogP contribution in [0.1, 0.15) is 12.6 Å². The normalized spacial score (nSPS) is 10.4. The Hall–Kier alpha value is -3.35. The average molecular weight is 351 g/mol. The molecule has 2 aromatic heterocycles. The number of hydrogen-bond acceptors (Lipinski definition) is 4. The monoisotopic (exact) mass is 351 g/mol. The van der Waals surface area contributed by atoms with Crippen LogP contribution in [0.3, 0.4) is 0 Å². The molecule has 0 atom stereocenters. The van der Waals surface area contributed by atoms with E-state index < -0.39 is 0 Å². The zero-order valence-corrected chi connectivity index (χ0v) is 14.8. The Kier molecular flexibility index (Phi) is 5.48. The summed E-state index contributed by atoms with van der Waals surface area (Å²) in [6.45, 7) is 2.76. The molecule has 0 aliphatic carbocycles. The van der Waals surface area contributed by atoms with Crippen molar-refractivity contribution in [3.05, 3.63) is 60.6 Å². The Morgan fingerprint density at radius 1 is 1.19 bits per heavy atom. The Labute approximate surface area is 152 Å². The average Bonchev–Trinajstić information content (AvgIpc) is 3.03. The summed E-state index contributed by atoms with van der Waals surface area (Å²) in [5.74, 6) is 0.642. The van der Waals surface area contributed by atoms with Crippen LogP contribution in [-0.2, 0) is 13.6 Å². The molecule has 0 radical (unpaired) electrons. The van der Waals surface area contributed by atoms with E-state index in [2.05, 4.69) is 20.7 Å². The summed E-state index contributed by atoms with van der Waals surface area (Å²) >= 11 is 0. The predicted molar refractivity (Wildman–Crippen MR) is 99.9 cm³/mol. The van der Waals surface area contributed by atoms with Crippen molar-refractivity contribution in [1.29, 1.82) is 0 Å². The summed E-state index contributed by atoms with van der Waals surface area (Å²) < 4.78 is 7.29. The van der Waals surface area contributed by atoms with E-state index in [-0.39, 0.29) is 6.03 Å². The molecule has 2 amide bonds. The number of rotatable bonds is 6. The predicted octanol–water partition coefficient (Wildman–Crippen LogP) is 3.20. The standard InChI is InChI=1S/C19H21N5O2/c1-3-26-18-7-5-4-6-16(18)22-19(25)21-13-15-12-17(24(2)23-15)14-8-10-20-11-9-14/h4-12H,3,13H2,1-2H3,(H2,21,22,25). The largest absolute Gasteiger partial charge is 0.492 e. The van der Waals surface area contributed by atoms with Crippen molar-refractivity contribution in [1.82, 2.24) is 20.1 Å². The number of para-hydroxylation sites is 2. The minimum Gasteiger partial charge on any atom is -0.492 e. The number of benzene rings is 1. The van der Waals surface area contributed by atoms with Gasteiger partial charge in [0.1, 0.15) is 5.75 Å². The summed E-state index contributed by atoms with van der Waals surface area (Å²) in [5, 5.41) is 10.1. The molecule has 3 rings (SSSR count). The zero-order chi connectivity index (χ0) is 18.4. The second-order valence-electron chi connectivity index (χ2n) is 5.62. The number of aromatic nitrogens is 3. The van der Waals surface area contributed by atoms with Crippen LogP contribution >= 0.6 is 0 Å². The number of carbonyl (C=O) groups is 1. The molecule has 3 aromatic rings. The van der Waals surface area contributed by atoms with E-state index in [0.717, 1.165) is 17.0 Å². The molecule has 134 valence electrons. The second kappa shape index (κ2) is 8.15. The maximum Gasteiger partial charge on any atom is 0.319 e. The van der Waals surface area contributed by atoms with Gasteiger partial charge in [-0.05, 0) is 37.3 Å². The zero-order valence-electron chi connectivity index (χ0n) is 14.8. The number of nitrogens with one attached hydrogen (secondary N) is 2. The molecule has 0 unspecified atom stereocenters. The summed E-state index contributed by atoms with van der Waals surface area (Å²) in [4.78, 5) is 16.2. The van der Waals surface area contributed by atoms with Gasteiger partial charge in [0.15, 0.2) is 0 Å². The molecule has 0 saturated carbocycles. The van der Waals surface area contributed by atoms with Gasteiger partial charge in [0.25, 0.3) is 0 Å². The molecule has 7 nitrogen and oxygen atoms in total. The van der Waals surface area contributed by atoms with Gasteiger partial charge in [0.05, 0.1) is 30.2 Å². The number of ether oxygens (including phenoxy) is 1. The number of nitrogens with zero attached hydrogens (tertiary/aromatic N) is 3. The first-order valence-corrected chi connectivity index (χ1v) is 8.37. The lowest BCUT2D eigenvalue weighted by Crippen LogP contribution is -2.28. The number of pyridine rings is 1. The molecular weight excluding hydrogens is 330 g/mol. The highest BCUT2D eigenvalue weighted by Crippen LogP contribution is 2.23. The molecule has 0 aliphatic rings. The molecule has 0 bridgehead atoms. The van der Waals surface area contributed by atoms with Crippen molar-refractivity contribution >= 4 is 11.7 Å². The molecule has 0 spiro atoms. The minimum absolute atomic E-state index is 0.312. The van der Waals surface area contributed by atoms with Crippen LogP contribution in [0.25, 0.3) is 11.3 Å². The lowest BCUT2D eigenvalue weighted by molar-refractivity contribution is 0.251. The van der Waals surface area contributed by atoms with Gasteiger partial charge in [-0.3, -0.25) is 9.67 Å². The van der Waals surface area contributed by atoms with E-state index in [1.165, 1.54) is 0 Å². The summed E-state index contributed by atoms with van der Waals surface area (Å²) in [6.07, 6.45) is 3.48. The van der Waals surface area contributed by atoms with E-state index in [4.69, 9.17) is 4.74 Å². The summed E-state index contributed by atoms with van der Waals surface area (Å²) in [5.41, 5.74) is 3.39. The van der Waals surface area contributed by atoms with Gasteiger partial charge in [0.2, 0.25) is 0 Å². The topological polar surface area (TPSA) is 81.1 Å². The maximum absolute atomic E-state index is 12.2. The van der Waals surface area contributed by atoms with Crippen molar-refractivity contribution in [2.75, 3.05) is 11.9 Å². The Balaban J connectivity index is 1.62. The van der Waals surface area contributed by atoms with Gasteiger partial charge in [-0.2, -0.15) is 5.10 Å². The Morgan fingerprint density at radius 2 is 1.96 bits per heavy atom. The number of amides is 2. The van der Waals surface area contributed by atoms with Crippen LogP contribution in [0.2, 0.25) is 0 Å². The molecule has 7 heteroatoms. The molecule has 0 aliphatic heterocycles. The molecule has 26 heavy (non-hydrogen) atoms. The number of anilines is 1. The lowest BCUT2D eigenvalue weighted by Gasteiger charge is -2.11. The molecule has 0 saturated heterocycles. The van der Waals surface area contributed by atoms with Gasteiger partial charge in [0, 0.05) is 25.0 Å². The summed E-state index contributed by atoms with van der Waals surface area (Å²) in [6, 6.07) is 12.8. The van der Waals surface area contributed by atoms with Crippen molar-refractivity contribution in [2.24, 2.45) is 7.05 Å². The highest BCUT2D eigenvalue weighted by molar-refractivity contribution is 5.90. The Morgan fingerprint density at radius 3 is 2.73 bits per heavy atom. The number of urea groups is 1. The van der Waals surface area contributed by atoms with E-state index >= 15 is 0 Å². The van der Waals surface area contributed by atoms with E-state index in [9.17, 15) is 4.79 Å². The van der Waals surface area contributed by atoms with Gasteiger partial charge in [-0.25, -0.2) is 4.79 Å². The van der Waals surface area contributed by atoms with Crippen LogP contribution in [0.4, 0.5) is 10.5 Å². The van der Waals surface area contributed by atoms with E-state index in [1.54, 1.807) is 23.1 Å². The third-order valence-corrected chi connectivity index (χ3v) is 3.77. The van der Waals surface area contributed by atoms with Crippen LogP contribution in [0, 0.1) is 0 Å². The third-order valence-electron chi connectivity index (χ3n) is 3.77. The van der Waals surface area contributed by atoms with Crippen molar-refractivity contribution < 1.29 is 9.53 Å². The van der Waals surface area contributed by atoms with Gasteiger partial charge in [-0.1, -0.05) is 12.1 Å². The first kappa shape index (κ1) is 17.5. The number of aryl methyl sites for hydroxylation is 1. The fraction of sp³-hybridized carbons (Fsp3) is 0.211. The molecule has 1 aromatic carbocycles. The maximum atomic E-state index is 12.2. The lowest BCUT2D eigenvalue weighted by atomic mass is 10.2. The smallest absolute Gasteiger partial charge is 0.319 e. The highest BCUT2D eigenvalue weighted by atomic mass is 16.5. The molecule has 0 fully saturated rings. The molecular formula is C19H21N5O2. The minimum atomic E-state index is -0.312. The first-order chi connectivity index (χ1) is 12.7.